The molecule has 142 valence electrons. The van der Waals surface area contributed by atoms with Crippen LogP contribution in [0.1, 0.15) is 10.4 Å². The number of rotatable bonds is 4. The van der Waals surface area contributed by atoms with E-state index in [2.05, 4.69) is 25.1 Å². The van der Waals surface area contributed by atoms with E-state index in [1.54, 1.807) is 36.5 Å². The van der Waals surface area contributed by atoms with E-state index < -0.39 is 0 Å². The molecule has 0 bridgehead atoms. The molecule has 1 amide bonds. The maximum absolute atomic E-state index is 12.6. The van der Waals surface area contributed by atoms with Gasteiger partial charge in [-0.15, -0.1) is 0 Å². The van der Waals surface area contributed by atoms with Crippen molar-refractivity contribution in [1.29, 1.82) is 0 Å². The Morgan fingerprint density at radius 3 is 2.21 bits per heavy atom. The van der Waals surface area contributed by atoms with E-state index in [0.29, 0.717) is 16.3 Å². The quantitative estimate of drug-likeness (QED) is 0.732. The summed E-state index contributed by atoms with van der Waals surface area (Å²) in [6, 6.07) is 16.5. The maximum Gasteiger partial charge on any atom is 0.255 e. The molecule has 1 fully saturated rings. The smallest absolute Gasteiger partial charge is 0.255 e. The van der Waals surface area contributed by atoms with Crippen LogP contribution in [0.15, 0.2) is 67.0 Å². The minimum absolute atomic E-state index is 0.168. The molecule has 1 N–H and O–H groups in total. The standard InChI is InChI=1S/C21H20ClN5O/c22-17-4-6-18(7-5-17)25-21(28)16-8-10-24-20(15-16)27-13-11-26(12-14-27)19-3-1-2-9-23-19/h1-10,15H,11-14H2,(H,25,28). The lowest BCUT2D eigenvalue weighted by Gasteiger charge is -2.36. The lowest BCUT2D eigenvalue weighted by Crippen LogP contribution is -2.47. The van der Waals surface area contributed by atoms with Gasteiger partial charge >= 0.3 is 0 Å². The normalized spacial score (nSPS) is 14.0. The van der Waals surface area contributed by atoms with Gasteiger partial charge in [0.1, 0.15) is 11.6 Å². The van der Waals surface area contributed by atoms with Crippen molar-refractivity contribution in [3.63, 3.8) is 0 Å². The van der Waals surface area contributed by atoms with Crippen molar-refractivity contribution in [3.05, 3.63) is 77.6 Å². The first-order chi connectivity index (χ1) is 13.7. The SMILES string of the molecule is O=C(Nc1ccc(Cl)cc1)c1ccnc(N2CCN(c3ccccn3)CC2)c1. The van der Waals surface area contributed by atoms with Gasteiger partial charge in [0.05, 0.1) is 0 Å². The average Bonchev–Trinajstić information content (AvgIpc) is 2.76. The first-order valence-electron chi connectivity index (χ1n) is 9.13. The van der Waals surface area contributed by atoms with Gasteiger partial charge in [0, 0.05) is 54.8 Å². The monoisotopic (exact) mass is 393 g/mol. The first kappa shape index (κ1) is 18.3. The number of nitrogens with one attached hydrogen (secondary N) is 1. The highest BCUT2D eigenvalue weighted by molar-refractivity contribution is 6.30. The fourth-order valence-electron chi connectivity index (χ4n) is 3.17. The number of piperazine rings is 1. The zero-order valence-corrected chi connectivity index (χ0v) is 16.0. The molecule has 0 unspecified atom stereocenters. The van der Waals surface area contributed by atoms with Crippen LogP contribution in [0.25, 0.3) is 0 Å². The van der Waals surface area contributed by atoms with Crippen LogP contribution in [-0.4, -0.2) is 42.1 Å². The van der Waals surface area contributed by atoms with Crippen molar-refractivity contribution >= 4 is 34.8 Å². The molecule has 1 aliphatic rings. The second kappa shape index (κ2) is 8.27. The van der Waals surface area contributed by atoms with Gasteiger partial charge in [-0.25, -0.2) is 9.97 Å². The third-order valence-corrected chi connectivity index (χ3v) is 4.94. The van der Waals surface area contributed by atoms with Crippen molar-refractivity contribution in [3.8, 4) is 0 Å². The van der Waals surface area contributed by atoms with E-state index in [-0.39, 0.29) is 5.91 Å². The summed E-state index contributed by atoms with van der Waals surface area (Å²) >= 11 is 5.89. The average molecular weight is 394 g/mol. The Labute approximate surface area is 168 Å². The van der Waals surface area contributed by atoms with Crippen molar-refractivity contribution in [2.75, 3.05) is 41.3 Å². The Balaban J connectivity index is 1.41. The number of carbonyl (C=O) groups is 1. The summed E-state index contributed by atoms with van der Waals surface area (Å²) in [6.45, 7) is 3.37. The zero-order valence-electron chi connectivity index (χ0n) is 15.3. The topological polar surface area (TPSA) is 61.4 Å². The third-order valence-electron chi connectivity index (χ3n) is 4.69. The predicted molar refractivity (Wildman–Crippen MR) is 112 cm³/mol. The highest BCUT2D eigenvalue weighted by Crippen LogP contribution is 2.19. The summed E-state index contributed by atoms with van der Waals surface area (Å²) in [4.78, 5) is 25.9. The highest BCUT2D eigenvalue weighted by atomic mass is 35.5. The molecule has 0 saturated carbocycles. The maximum atomic E-state index is 12.6. The molecule has 1 aromatic carbocycles. The lowest BCUT2D eigenvalue weighted by atomic mass is 10.2. The Kier molecular flexibility index (Phi) is 5.39. The Morgan fingerprint density at radius 1 is 0.857 bits per heavy atom. The first-order valence-corrected chi connectivity index (χ1v) is 9.51. The molecule has 0 radical (unpaired) electrons. The number of pyridine rings is 2. The summed E-state index contributed by atoms with van der Waals surface area (Å²) in [5, 5.41) is 3.52. The van der Waals surface area contributed by atoms with Gasteiger partial charge in [-0.1, -0.05) is 17.7 Å². The number of hydrogen-bond acceptors (Lipinski definition) is 5. The second-order valence-corrected chi connectivity index (χ2v) is 6.96. The van der Waals surface area contributed by atoms with Gasteiger partial charge < -0.3 is 15.1 Å². The van der Waals surface area contributed by atoms with Crippen LogP contribution >= 0.6 is 11.6 Å². The summed E-state index contributed by atoms with van der Waals surface area (Å²) in [6.07, 6.45) is 3.49. The summed E-state index contributed by atoms with van der Waals surface area (Å²) in [5.74, 6) is 1.63. The number of nitrogens with zero attached hydrogens (tertiary/aromatic N) is 4. The molecule has 7 heteroatoms. The van der Waals surface area contributed by atoms with E-state index in [0.717, 1.165) is 37.8 Å². The van der Waals surface area contributed by atoms with E-state index >= 15 is 0 Å². The molecule has 2 aromatic heterocycles. The van der Waals surface area contributed by atoms with Crippen molar-refractivity contribution in [2.45, 2.75) is 0 Å². The molecule has 0 aliphatic carbocycles. The number of amides is 1. The number of anilines is 3. The number of halogens is 1. The fraction of sp³-hybridized carbons (Fsp3) is 0.190. The van der Waals surface area contributed by atoms with Crippen LogP contribution in [0.2, 0.25) is 5.02 Å². The minimum atomic E-state index is -0.168. The molecular formula is C21H20ClN5O. The third kappa shape index (κ3) is 4.23. The molecule has 3 heterocycles. The van der Waals surface area contributed by atoms with Crippen molar-refractivity contribution in [2.24, 2.45) is 0 Å². The van der Waals surface area contributed by atoms with Gasteiger partial charge in [0.2, 0.25) is 0 Å². The number of carbonyl (C=O) groups excluding carboxylic acids is 1. The van der Waals surface area contributed by atoms with Gasteiger partial charge in [-0.3, -0.25) is 4.79 Å². The minimum Gasteiger partial charge on any atom is -0.353 e. The van der Waals surface area contributed by atoms with Crippen LogP contribution in [0, 0.1) is 0 Å². The van der Waals surface area contributed by atoms with Gasteiger partial charge in [-0.05, 0) is 48.5 Å². The van der Waals surface area contributed by atoms with Crippen LogP contribution in [0.4, 0.5) is 17.3 Å². The lowest BCUT2D eigenvalue weighted by molar-refractivity contribution is 0.102. The van der Waals surface area contributed by atoms with E-state index in [1.807, 2.05) is 30.5 Å². The Hall–Kier alpha value is -3.12. The number of hydrogen-bond donors (Lipinski definition) is 1. The molecule has 28 heavy (non-hydrogen) atoms. The van der Waals surface area contributed by atoms with E-state index in [1.165, 1.54) is 0 Å². The Morgan fingerprint density at radius 2 is 1.54 bits per heavy atom. The van der Waals surface area contributed by atoms with Gasteiger partial charge in [0.15, 0.2) is 0 Å². The molecule has 3 aromatic rings. The molecule has 1 aliphatic heterocycles. The van der Waals surface area contributed by atoms with Crippen LogP contribution < -0.4 is 15.1 Å². The molecule has 4 rings (SSSR count). The zero-order chi connectivity index (χ0) is 19.3. The van der Waals surface area contributed by atoms with E-state index in [4.69, 9.17) is 11.6 Å². The van der Waals surface area contributed by atoms with Gasteiger partial charge in [-0.2, -0.15) is 0 Å². The second-order valence-electron chi connectivity index (χ2n) is 6.53. The number of benzene rings is 1. The summed E-state index contributed by atoms with van der Waals surface area (Å²) < 4.78 is 0. The summed E-state index contributed by atoms with van der Waals surface area (Å²) in [5.41, 5.74) is 1.28. The van der Waals surface area contributed by atoms with Crippen molar-refractivity contribution in [1.82, 2.24) is 9.97 Å². The molecule has 6 nitrogen and oxygen atoms in total. The van der Waals surface area contributed by atoms with Crippen LogP contribution in [0.3, 0.4) is 0 Å². The molecule has 0 atom stereocenters. The van der Waals surface area contributed by atoms with Gasteiger partial charge in [0.25, 0.3) is 5.91 Å². The highest BCUT2D eigenvalue weighted by Gasteiger charge is 2.19. The number of aromatic nitrogens is 2. The van der Waals surface area contributed by atoms with E-state index in [9.17, 15) is 4.79 Å². The largest absolute Gasteiger partial charge is 0.353 e. The molecule has 0 spiro atoms. The Bertz CT molecular complexity index is 941. The molecule has 1 saturated heterocycles. The van der Waals surface area contributed by atoms with Crippen LogP contribution in [-0.2, 0) is 0 Å². The predicted octanol–water partition coefficient (Wildman–Crippen LogP) is 3.71. The summed E-state index contributed by atoms with van der Waals surface area (Å²) in [7, 11) is 0. The fourth-order valence-corrected chi connectivity index (χ4v) is 3.30. The molecular weight excluding hydrogens is 374 g/mol. The van der Waals surface area contributed by atoms with Crippen LogP contribution in [0.5, 0.6) is 0 Å². The van der Waals surface area contributed by atoms with Crippen molar-refractivity contribution < 1.29 is 4.79 Å².